The number of aryl methyl sites for hydroxylation is 1. The van der Waals surface area contributed by atoms with E-state index < -0.39 is 0 Å². The lowest BCUT2D eigenvalue weighted by molar-refractivity contribution is 0.0746. The van der Waals surface area contributed by atoms with Crippen LogP contribution in [0, 0.1) is 6.92 Å². The fourth-order valence-corrected chi connectivity index (χ4v) is 4.64. The lowest BCUT2D eigenvalue weighted by Gasteiger charge is -2.35. The van der Waals surface area contributed by atoms with E-state index in [1.54, 1.807) is 0 Å². The minimum atomic E-state index is 0.0908. The van der Waals surface area contributed by atoms with Gasteiger partial charge >= 0.3 is 0 Å². The predicted octanol–water partition coefficient (Wildman–Crippen LogP) is 4.79. The van der Waals surface area contributed by atoms with Crippen molar-refractivity contribution < 1.29 is 4.79 Å². The molecule has 4 rings (SSSR count). The second-order valence-corrected chi connectivity index (χ2v) is 10.3. The number of rotatable bonds is 4. The van der Waals surface area contributed by atoms with E-state index in [1.807, 2.05) is 24.0 Å². The number of amides is 1. The van der Waals surface area contributed by atoms with Gasteiger partial charge < -0.3 is 15.1 Å². The standard InChI is InChI=1S/C26H37N5O/c1-19-18-23(29-25(27-19)28-22-8-6-5-7-9-22)30-14-16-31(17-15-30)24(32)20-10-12-21(13-11-20)26(2,3)4/h10-13,18,22H,5-9,14-17H2,1-4H3,(H,27,28,29). The molecule has 1 aliphatic carbocycles. The zero-order valence-corrected chi connectivity index (χ0v) is 20.0. The Morgan fingerprint density at radius 1 is 0.969 bits per heavy atom. The van der Waals surface area contributed by atoms with Gasteiger partial charge in [0.05, 0.1) is 0 Å². The van der Waals surface area contributed by atoms with Gasteiger partial charge in [0.15, 0.2) is 0 Å². The Balaban J connectivity index is 1.37. The Kier molecular flexibility index (Phi) is 6.68. The lowest BCUT2D eigenvalue weighted by Crippen LogP contribution is -2.49. The Morgan fingerprint density at radius 3 is 2.25 bits per heavy atom. The molecule has 2 aliphatic rings. The topological polar surface area (TPSA) is 61.4 Å². The molecule has 1 saturated carbocycles. The molecule has 1 saturated heterocycles. The van der Waals surface area contributed by atoms with E-state index in [0.29, 0.717) is 19.1 Å². The summed E-state index contributed by atoms with van der Waals surface area (Å²) in [6.45, 7) is 11.6. The molecule has 6 nitrogen and oxygen atoms in total. The second kappa shape index (κ2) is 9.47. The first-order valence-corrected chi connectivity index (χ1v) is 12.1. The van der Waals surface area contributed by atoms with Gasteiger partial charge in [-0.3, -0.25) is 4.79 Å². The number of benzene rings is 1. The van der Waals surface area contributed by atoms with Crippen molar-refractivity contribution in [2.45, 2.75) is 71.3 Å². The van der Waals surface area contributed by atoms with Gasteiger partial charge in [-0.1, -0.05) is 52.2 Å². The van der Waals surface area contributed by atoms with Crippen molar-refractivity contribution in [3.05, 3.63) is 47.2 Å². The van der Waals surface area contributed by atoms with E-state index in [1.165, 1.54) is 37.7 Å². The second-order valence-electron chi connectivity index (χ2n) is 10.3. The normalized spacial score (nSPS) is 18.0. The molecule has 32 heavy (non-hydrogen) atoms. The van der Waals surface area contributed by atoms with Crippen LogP contribution in [0.15, 0.2) is 30.3 Å². The summed E-state index contributed by atoms with van der Waals surface area (Å²) < 4.78 is 0. The molecule has 0 spiro atoms. The van der Waals surface area contributed by atoms with Crippen molar-refractivity contribution in [3.63, 3.8) is 0 Å². The number of piperazine rings is 1. The van der Waals surface area contributed by atoms with Gasteiger partial charge in [0, 0.05) is 49.5 Å². The molecule has 0 radical (unpaired) electrons. The van der Waals surface area contributed by atoms with Crippen molar-refractivity contribution in [1.29, 1.82) is 0 Å². The minimum absolute atomic E-state index is 0.0908. The molecule has 1 aromatic heterocycles. The molecule has 2 fully saturated rings. The average molecular weight is 436 g/mol. The lowest BCUT2D eigenvalue weighted by atomic mass is 9.86. The van der Waals surface area contributed by atoms with Gasteiger partial charge in [-0.25, -0.2) is 4.98 Å². The molecule has 2 aromatic rings. The van der Waals surface area contributed by atoms with E-state index >= 15 is 0 Å². The molecular weight excluding hydrogens is 398 g/mol. The van der Waals surface area contributed by atoms with E-state index in [-0.39, 0.29) is 11.3 Å². The van der Waals surface area contributed by atoms with E-state index in [9.17, 15) is 4.79 Å². The summed E-state index contributed by atoms with van der Waals surface area (Å²) in [5.74, 6) is 1.81. The van der Waals surface area contributed by atoms with E-state index in [0.717, 1.165) is 36.1 Å². The van der Waals surface area contributed by atoms with Crippen LogP contribution in [0.1, 0.15) is 74.5 Å². The molecule has 0 atom stereocenters. The number of nitrogens with one attached hydrogen (secondary N) is 1. The molecule has 1 aliphatic heterocycles. The number of carbonyl (C=O) groups is 1. The third kappa shape index (κ3) is 5.40. The highest BCUT2D eigenvalue weighted by molar-refractivity contribution is 5.94. The van der Waals surface area contributed by atoms with Crippen LogP contribution < -0.4 is 10.2 Å². The van der Waals surface area contributed by atoms with Crippen molar-refractivity contribution in [2.75, 3.05) is 36.4 Å². The summed E-state index contributed by atoms with van der Waals surface area (Å²) in [5.41, 5.74) is 3.08. The fraction of sp³-hybridized carbons (Fsp3) is 0.577. The van der Waals surface area contributed by atoms with Crippen LogP contribution in [0.2, 0.25) is 0 Å². The average Bonchev–Trinajstić information content (AvgIpc) is 2.78. The van der Waals surface area contributed by atoms with Crippen LogP contribution in [-0.4, -0.2) is 53.0 Å². The summed E-state index contributed by atoms with van der Waals surface area (Å²) in [4.78, 5) is 26.7. The number of anilines is 2. The van der Waals surface area contributed by atoms with Crippen molar-refractivity contribution in [2.24, 2.45) is 0 Å². The first-order valence-electron chi connectivity index (χ1n) is 12.1. The van der Waals surface area contributed by atoms with Crippen molar-refractivity contribution >= 4 is 17.7 Å². The van der Waals surface area contributed by atoms with Gasteiger partial charge in [-0.05, 0) is 42.9 Å². The number of nitrogens with zero attached hydrogens (tertiary/aromatic N) is 4. The maximum Gasteiger partial charge on any atom is 0.253 e. The molecule has 0 bridgehead atoms. The highest BCUT2D eigenvalue weighted by Gasteiger charge is 2.24. The third-order valence-electron chi connectivity index (χ3n) is 6.67. The highest BCUT2D eigenvalue weighted by atomic mass is 16.2. The number of hydrogen-bond donors (Lipinski definition) is 1. The number of aromatic nitrogens is 2. The first-order chi connectivity index (χ1) is 15.3. The maximum absolute atomic E-state index is 13.0. The van der Waals surface area contributed by atoms with Crippen LogP contribution in [-0.2, 0) is 5.41 Å². The zero-order valence-electron chi connectivity index (χ0n) is 20.0. The third-order valence-corrected chi connectivity index (χ3v) is 6.67. The van der Waals surface area contributed by atoms with Gasteiger partial charge in [-0.2, -0.15) is 4.98 Å². The van der Waals surface area contributed by atoms with Crippen LogP contribution in [0.5, 0.6) is 0 Å². The molecule has 1 aromatic carbocycles. The van der Waals surface area contributed by atoms with Gasteiger partial charge in [0.2, 0.25) is 5.95 Å². The monoisotopic (exact) mass is 435 g/mol. The molecule has 6 heteroatoms. The van der Waals surface area contributed by atoms with Crippen LogP contribution >= 0.6 is 0 Å². The molecular formula is C26H37N5O. The van der Waals surface area contributed by atoms with Crippen LogP contribution in [0.3, 0.4) is 0 Å². The Labute approximate surface area is 192 Å². The summed E-state index contributed by atoms with van der Waals surface area (Å²) in [7, 11) is 0. The number of carbonyl (C=O) groups excluding carboxylic acids is 1. The Morgan fingerprint density at radius 2 is 1.62 bits per heavy atom. The highest BCUT2D eigenvalue weighted by Crippen LogP contribution is 2.24. The molecule has 1 amide bonds. The van der Waals surface area contributed by atoms with Crippen molar-refractivity contribution in [3.8, 4) is 0 Å². The largest absolute Gasteiger partial charge is 0.353 e. The van der Waals surface area contributed by atoms with Crippen molar-refractivity contribution in [1.82, 2.24) is 14.9 Å². The van der Waals surface area contributed by atoms with Crippen LogP contribution in [0.25, 0.3) is 0 Å². The molecule has 172 valence electrons. The van der Waals surface area contributed by atoms with Gasteiger partial charge in [0.1, 0.15) is 5.82 Å². The first kappa shape index (κ1) is 22.6. The van der Waals surface area contributed by atoms with E-state index in [2.05, 4.69) is 54.2 Å². The molecule has 0 unspecified atom stereocenters. The molecule has 2 heterocycles. The van der Waals surface area contributed by atoms with Crippen LogP contribution in [0.4, 0.5) is 11.8 Å². The maximum atomic E-state index is 13.0. The minimum Gasteiger partial charge on any atom is -0.353 e. The molecule has 1 N–H and O–H groups in total. The van der Waals surface area contributed by atoms with E-state index in [4.69, 9.17) is 4.98 Å². The van der Waals surface area contributed by atoms with Gasteiger partial charge in [0.25, 0.3) is 5.91 Å². The Hall–Kier alpha value is -2.63. The summed E-state index contributed by atoms with van der Waals surface area (Å²) in [6, 6.07) is 10.6. The zero-order chi connectivity index (χ0) is 22.7. The fourth-order valence-electron chi connectivity index (χ4n) is 4.64. The summed E-state index contributed by atoms with van der Waals surface area (Å²) in [6.07, 6.45) is 6.30. The quantitative estimate of drug-likeness (QED) is 0.748. The van der Waals surface area contributed by atoms with Gasteiger partial charge in [-0.15, -0.1) is 0 Å². The SMILES string of the molecule is Cc1cc(N2CCN(C(=O)c3ccc(C(C)(C)C)cc3)CC2)nc(NC2CCCCC2)n1. The summed E-state index contributed by atoms with van der Waals surface area (Å²) >= 11 is 0. The Bertz CT molecular complexity index is 920. The number of hydrogen-bond acceptors (Lipinski definition) is 5. The predicted molar refractivity (Wildman–Crippen MR) is 131 cm³/mol. The summed E-state index contributed by atoms with van der Waals surface area (Å²) in [5, 5.41) is 3.55. The smallest absolute Gasteiger partial charge is 0.253 e.